The van der Waals surface area contributed by atoms with E-state index in [2.05, 4.69) is 68.4 Å². The van der Waals surface area contributed by atoms with Crippen LogP contribution in [0.1, 0.15) is 88.0 Å². The Bertz CT molecular complexity index is 485. The minimum Gasteiger partial charge on any atom is -0.325 e. The lowest BCUT2D eigenvalue weighted by Gasteiger charge is -2.55. The molecule has 0 aromatic carbocycles. The number of hydrogen-bond acceptors (Lipinski definition) is 1. The molecule has 1 saturated carbocycles. The van der Waals surface area contributed by atoms with Crippen LogP contribution >= 0.6 is 0 Å². The Balaban J connectivity index is 2.63. The van der Waals surface area contributed by atoms with Gasteiger partial charge in [0.25, 0.3) is 0 Å². The Labute approximate surface area is 139 Å². The first-order valence-corrected chi connectivity index (χ1v) is 9.32. The quantitative estimate of drug-likeness (QED) is 0.625. The summed E-state index contributed by atoms with van der Waals surface area (Å²) in [5, 5.41) is 0. The number of allylic oxidation sites excluding steroid dienone is 1. The summed E-state index contributed by atoms with van der Waals surface area (Å²) in [4.78, 5) is 0. The Hall–Kier alpha value is -0.300. The van der Waals surface area contributed by atoms with E-state index in [-0.39, 0.29) is 16.4 Å². The van der Waals surface area contributed by atoms with Crippen LogP contribution in [0, 0.1) is 27.6 Å². The normalized spacial score (nSPS) is 42.2. The van der Waals surface area contributed by atoms with E-state index in [1.165, 1.54) is 25.7 Å². The Morgan fingerprint density at radius 2 is 1.68 bits per heavy atom. The van der Waals surface area contributed by atoms with Gasteiger partial charge in [0.15, 0.2) is 0 Å². The smallest absolute Gasteiger partial charge is 0.0189 e. The van der Waals surface area contributed by atoms with Gasteiger partial charge in [-0.2, -0.15) is 0 Å². The van der Waals surface area contributed by atoms with Gasteiger partial charge >= 0.3 is 0 Å². The monoisotopic (exact) mass is 305 g/mol. The molecule has 0 aromatic heterocycles. The van der Waals surface area contributed by atoms with E-state index in [0.29, 0.717) is 16.7 Å². The molecular weight excluding hydrogens is 266 g/mol. The maximum absolute atomic E-state index is 6.77. The Morgan fingerprint density at radius 3 is 2.09 bits per heavy atom. The zero-order chi connectivity index (χ0) is 17.2. The van der Waals surface area contributed by atoms with Crippen LogP contribution < -0.4 is 5.73 Å². The van der Waals surface area contributed by atoms with Gasteiger partial charge in [0.05, 0.1) is 0 Å². The first kappa shape index (κ1) is 18.0. The topological polar surface area (TPSA) is 26.0 Å². The minimum atomic E-state index is -0.185. The molecule has 5 atom stereocenters. The Morgan fingerprint density at radius 1 is 1.14 bits per heavy atom. The Kier molecular flexibility index (Phi) is 3.98. The first-order valence-electron chi connectivity index (χ1n) is 9.32. The van der Waals surface area contributed by atoms with Gasteiger partial charge in [0, 0.05) is 11.0 Å². The highest BCUT2D eigenvalue weighted by atomic mass is 14.8. The molecular formula is C21H39N. The lowest BCUT2D eigenvalue weighted by Crippen LogP contribution is -2.56. The van der Waals surface area contributed by atoms with Gasteiger partial charge < -0.3 is 5.73 Å². The van der Waals surface area contributed by atoms with Crippen molar-refractivity contribution in [1.29, 1.82) is 0 Å². The van der Waals surface area contributed by atoms with Crippen molar-refractivity contribution in [2.24, 2.45) is 33.3 Å². The van der Waals surface area contributed by atoms with Gasteiger partial charge in [-0.05, 0) is 55.3 Å². The molecule has 2 aliphatic rings. The average Bonchev–Trinajstić information content (AvgIpc) is 2.95. The lowest BCUT2D eigenvalue weighted by molar-refractivity contribution is 0.0852. The number of fused-ring (bicyclic) bond motifs is 1. The van der Waals surface area contributed by atoms with Crippen LogP contribution in [0.3, 0.4) is 0 Å². The summed E-state index contributed by atoms with van der Waals surface area (Å²) in [5.41, 5.74) is 9.44. The van der Waals surface area contributed by atoms with Crippen molar-refractivity contribution in [2.75, 3.05) is 0 Å². The maximum atomic E-state index is 6.77. The highest BCUT2D eigenvalue weighted by molar-refractivity contribution is 5.39. The molecule has 5 unspecified atom stereocenters. The molecule has 0 aliphatic heterocycles. The molecule has 2 aliphatic carbocycles. The highest BCUT2D eigenvalue weighted by Crippen LogP contribution is 2.75. The van der Waals surface area contributed by atoms with Crippen LogP contribution in [0.5, 0.6) is 0 Å². The summed E-state index contributed by atoms with van der Waals surface area (Å²) in [5.74, 6) is 0.692. The molecule has 0 radical (unpaired) electrons. The standard InChI is InChI=1S/C21H39N/c1-10-15(3)20(8,11-2)16-12-18(6)13-19(18,7)14-21(16,9)17(4,5)22/h12,15H,10-11,13-14,22H2,1-9H3. The van der Waals surface area contributed by atoms with Crippen molar-refractivity contribution in [3.63, 3.8) is 0 Å². The summed E-state index contributed by atoms with van der Waals surface area (Å²) in [6.45, 7) is 21.5. The first-order chi connectivity index (χ1) is 9.80. The summed E-state index contributed by atoms with van der Waals surface area (Å²) < 4.78 is 0. The van der Waals surface area contributed by atoms with E-state index < -0.39 is 0 Å². The summed E-state index contributed by atoms with van der Waals surface area (Å²) in [6.07, 6.45) is 7.66. The van der Waals surface area contributed by atoms with Gasteiger partial charge in [-0.1, -0.05) is 66.5 Å². The van der Waals surface area contributed by atoms with Crippen LogP contribution in [-0.4, -0.2) is 5.54 Å². The van der Waals surface area contributed by atoms with Crippen molar-refractivity contribution in [3.05, 3.63) is 11.6 Å². The molecule has 0 saturated heterocycles. The van der Waals surface area contributed by atoms with Gasteiger partial charge in [-0.3, -0.25) is 0 Å². The number of nitrogens with two attached hydrogens (primary N) is 1. The van der Waals surface area contributed by atoms with Crippen molar-refractivity contribution >= 4 is 0 Å². The average molecular weight is 306 g/mol. The summed E-state index contributed by atoms with van der Waals surface area (Å²) in [7, 11) is 0. The van der Waals surface area contributed by atoms with Crippen LogP contribution in [0.15, 0.2) is 11.6 Å². The number of hydrogen-bond donors (Lipinski definition) is 1. The fraction of sp³-hybridized carbons (Fsp3) is 0.905. The van der Waals surface area contributed by atoms with E-state index >= 15 is 0 Å². The van der Waals surface area contributed by atoms with E-state index in [1.54, 1.807) is 5.57 Å². The second-order valence-corrected chi connectivity index (χ2v) is 10.0. The van der Waals surface area contributed by atoms with Gasteiger partial charge in [0.2, 0.25) is 0 Å². The fourth-order valence-electron chi connectivity index (χ4n) is 5.23. The maximum Gasteiger partial charge on any atom is 0.0189 e. The largest absolute Gasteiger partial charge is 0.325 e. The molecule has 2 rings (SSSR count). The van der Waals surface area contributed by atoms with Crippen LogP contribution in [0.4, 0.5) is 0 Å². The summed E-state index contributed by atoms with van der Waals surface area (Å²) in [6, 6.07) is 0. The zero-order valence-electron chi connectivity index (χ0n) is 16.6. The zero-order valence-corrected chi connectivity index (χ0v) is 16.6. The van der Waals surface area contributed by atoms with Crippen LogP contribution in [0.2, 0.25) is 0 Å². The van der Waals surface area contributed by atoms with E-state index in [9.17, 15) is 0 Å². The third kappa shape index (κ3) is 2.22. The van der Waals surface area contributed by atoms with Crippen molar-refractivity contribution < 1.29 is 0 Å². The van der Waals surface area contributed by atoms with Crippen molar-refractivity contribution in [3.8, 4) is 0 Å². The summed E-state index contributed by atoms with van der Waals surface area (Å²) >= 11 is 0. The predicted octanol–water partition coefficient (Wildman–Crippen LogP) is 5.94. The third-order valence-corrected chi connectivity index (χ3v) is 8.28. The molecule has 0 spiro atoms. The molecule has 0 bridgehead atoms. The van der Waals surface area contributed by atoms with Crippen LogP contribution in [0.25, 0.3) is 0 Å². The van der Waals surface area contributed by atoms with Crippen molar-refractivity contribution in [1.82, 2.24) is 0 Å². The predicted molar refractivity (Wildman–Crippen MR) is 97.8 cm³/mol. The molecule has 0 amide bonds. The molecule has 0 heterocycles. The molecule has 1 heteroatoms. The van der Waals surface area contributed by atoms with Gasteiger partial charge in [-0.15, -0.1) is 0 Å². The molecule has 0 aromatic rings. The second-order valence-electron chi connectivity index (χ2n) is 10.0. The van der Waals surface area contributed by atoms with E-state index in [0.717, 1.165) is 0 Å². The van der Waals surface area contributed by atoms with E-state index in [1.807, 2.05) is 0 Å². The van der Waals surface area contributed by atoms with Crippen LogP contribution in [-0.2, 0) is 0 Å². The van der Waals surface area contributed by atoms with E-state index in [4.69, 9.17) is 5.73 Å². The lowest BCUT2D eigenvalue weighted by atomic mass is 9.51. The SMILES string of the molecule is CCC(C)C(C)(CC)C1=CC2(C)CC2(C)CC1(C)C(C)(C)N. The highest BCUT2D eigenvalue weighted by Gasteiger charge is 2.67. The molecule has 128 valence electrons. The molecule has 2 N–H and O–H groups in total. The second kappa shape index (κ2) is 4.85. The third-order valence-electron chi connectivity index (χ3n) is 8.28. The fourth-order valence-corrected chi connectivity index (χ4v) is 5.23. The minimum absolute atomic E-state index is 0.0892. The molecule has 1 nitrogen and oxygen atoms in total. The van der Waals surface area contributed by atoms with Gasteiger partial charge in [-0.25, -0.2) is 0 Å². The molecule has 22 heavy (non-hydrogen) atoms. The van der Waals surface area contributed by atoms with Gasteiger partial charge in [0.1, 0.15) is 0 Å². The van der Waals surface area contributed by atoms with Crippen molar-refractivity contribution in [2.45, 2.75) is 93.5 Å². The number of rotatable bonds is 5. The molecule has 1 fully saturated rings.